The lowest BCUT2D eigenvalue weighted by Crippen LogP contribution is -1.92. The van der Waals surface area contributed by atoms with Crippen molar-refractivity contribution in [3.8, 4) is 0 Å². The third kappa shape index (κ3) is 1.20. The number of nitrogen functional groups attached to an aromatic ring is 3. The molecule has 4 heteroatoms. The number of nitrogens with two attached hydrogens (primary N) is 3. The quantitative estimate of drug-likeness (QED) is 0.519. The van der Waals surface area contributed by atoms with E-state index in [1.807, 2.05) is 30.3 Å². The van der Waals surface area contributed by atoms with Crippen LogP contribution in [0.15, 0.2) is 30.3 Å². The van der Waals surface area contributed by atoms with E-state index in [4.69, 9.17) is 17.2 Å². The van der Waals surface area contributed by atoms with Crippen molar-refractivity contribution in [1.29, 1.82) is 0 Å². The molecule has 1 heterocycles. The molecule has 80 valence electrons. The van der Waals surface area contributed by atoms with E-state index in [9.17, 15) is 0 Å². The Balaban J connectivity index is 2.51. The molecule has 3 aromatic rings. The molecule has 0 saturated heterocycles. The number of fused-ring (bicyclic) bond motifs is 3. The summed E-state index contributed by atoms with van der Waals surface area (Å²) in [5.74, 6) is 0. The Morgan fingerprint density at radius 1 is 0.750 bits per heavy atom. The largest absolute Gasteiger partial charge is 0.399 e. The van der Waals surface area contributed by atoms with Crippen LogP contribution in [0.3, 0.4) is 0 Å². The summed E-state index contributed by atoms with van der Waals surface area (Å²) in [6.45, 7) is 0. The number of benzene rings is 2. The molecule has 0 aliphatic carbocycles. The second-order valence-corrected chi connectivity index (χ2v) is 4.92. The van der Waals surface area contributed by atoms with Crippen molar-refractivity contribution in [2.75, 3.05) is 17.2 Å². The molecule has 3 rings (SSSR count). The molecule has 0 radical (unpaired) electrons. The molecule has 0 unspecified atom stereocenters. The molecular formula is C12H11N3S. The zero-order valence-corrected chi connectivity index (χ0v) is 9.34. The first kappa shape index (κ1) is 9.30. The SMILES string of the molecule is Nc1ccc2c(c1)sc1cc(N)c(N)cc12. The fourth-order valence-electron chi connectivity index (χ4n) is 1.87. The minimum absolute atomic E-state index is 0.629. The van der Waals surface area contributed by atoms with Gasteiger partial charge in [-0.2, -0.15) is 0 Å². The predicted octanol–water partition coefficient (Wildman–Crippen LogP) is 2.80. The van der Waals surface area contributed by atoms with Crippen LogP contribution < -0.4 is 17.2 Å². The summed E-state index contributed by atoms with van der Waals surface area (Å²) in [7, 11) is 0. The molecule has 2 aromatic carbocycles. The zero-order valence-electron chi connectivity index (χ0n) is 8.53. The standard InChI is InChI=1S/C12H11N3S/c13-6-1-2-7-8-4-9(14)10(15)5-12(8)16-11(7)3-6/h1-5H,13-15H2. The lowest BCUT2D eigenvalue weighted by molar-refractivity contribution is 1.75. The zero-order chi connectivity index (χ0) is 11.3. The van der Waals surface area contributed by atoms with E-state index in [1.165, 1.54) is 10.1 Å². The highest BCUT2D eigenvalue weighted by molar-refractivity contribution is 7.25. The van der Waals surface area contributed by atoms with Crippen molar-refractivity contribution in [2.24, 2.45) is 0 Å². The maximum atomic E-state index is 5.82. The van der Waals surface area contributed by atoms with Crippen molar-refractivity contribution in [3.05, 3.63) is 30.3 Å². The van der Waals surface area contributed by atoms with Gasteiger partial charge in [-0.1, -0.05) is 6.07 Å². The molecule has 3 nitrogen and oxygen atoms in total. The van der Waals surface area contributed by atoms with Crippen molar-refractivity contribution in [3.63, 3.8) is 0 Å². The van der Waals surface area contributed by atoms with Gasteiger partial charge >= 0.3 is 0 Å². The van der Waals surface area contributed by atoms with E-state index in [1.54, 1.807) is 11.3 Å². The van der Waals surface area contributed by atoms with Gasteiger partial charge in [-0.25, -0.2) is 0 Å². The maximum absolute atomic E-state index is 5.82. The average Bonchev–Trinajstić information content (AvgIpc) is 2.55. The van der Waals surface area contributed by atoms with Gasteiger partial charge in [0.05, 0.1) is 11.4 Å². The molecule has 0 atom stereocenters. The van der Waals surface area contributed by atoms with Gasteiger partial charge < -0.3 is 17.2 Å². The Morgan fingerprint density at radius 2 is 1.44 bits per heavy atom. The van der Waals surface area contributed by atoms with Crippen LogP contribution in [0.2, 0.25) is 0 Å². The molecule has 1 aromatic heterocycles. The van der Waals surface area contributed by atoms with Gasteiger partial charge in [0.1, 0.15) is 0 Å². The van der Waals surface area contributed by atoms with Gasteiger partial charge in [0.15, 0.2) is 0 Å². The summed E-state index contributed by atoms with van der Waals surface area (Å²) in [5, 5.41) is 2.33. The van der Waals surface area contributed by atoms with Gasteiger partial charge in [-0.05, 0) is 24.3 Å². The van der Waals surface area contributed by atoms with E-state index in [0.717, 1.165) is 15.8 Å². The molecule has 0 spiro atoms. The topological polar surface area (TPSA) is 78.1 Å². The van der Waals surface area contributed by atoms with Crippen molar-refractivity contribution in [2.45, 2.75) is 0 Å². The van der Waals surface area contributed by atoms with E-state index >= 15 is 0 Å². The Bertz CT molecular complexity index is 700. The van der Waals surface area contributed by atoms with Gasteiger partial charge in [0, 0.05) is 25.9 Å². The molecule has 0 fully saturated rings. The second-order valence-electron chi connectivity index (χ2n) is 3.83. The van der Waals surface area contributed by atoms with Crippen molar-refractivity contribution >= 4 is 48.6 Å². The van der Waals surface area contributed by atoms with Crippen LogP contribution in [0.25, 0.3) is 20.2 Å². The van der Waals surface area contributed by atoms with Gasteiger partial charge in [-0.15, -0.1) is 11.3 Å². The number of thiophene rings is 1. The van der Waals surface area contributed by atoms with Crippen molar-refractivity contribution < 1.29 is 0 Å². The minimum atomic E-state index is 0.629. The smallest absolute Gasteiger partial charge is 0.0562 e. The molecule has 0 bridgehead atoms. The van der Waals surface area contributed by atoms with Crippen LogP contribution in [0, 0.1) is 0 Å². The fraction of sp³-hybridized carbons (Fsp3) is 0. The molecule has 0 saturated carbocycles. The van der Waals surface area contributed by atoms with E-state index in [2.05, 4.69) is 0 Å². The van der Waals surface area contributed by atoms with Crippen LogP contribution in [0.5, 0.6) is 0 Å². The van der Waals surface area contributed by atoms with Crippen LogP contribution in [0.4, 0.5) is 17.1 Å². The van der Waals surface area contributed by atoms with E-state index in [-0.39, 0.29) is 0 Å². The van der Waals surface area contributed by atoms with Crippen LogP contribution in [-0.4, -0.2) is 0 Å². The molecule has 0 aliphatic rings. The van der Waals surface area contributed by atoms with Crippen LogP contribution >= 0.6 is 11.3 Å². The Kier molecular flexibility index (Phi) is 1.76. The molecule has 0 amide bonds. The first-order valence-corrected chi connectivity index (χ1v) is 5.73. The van der Waals surface area contributed by atoms with Crippen LogP contribution in [0.1, 0.15) is 0 Å². The number of anilines is 3. The third-order valence-electron chi connectivity index (χ3n) is 2.70. The summed E-state index contributed by atoms with van der Waals surface area (Å²) >= 11 is 1.68. The Labute approximate surface area is 96.5 Å². The Morgan fingerprint density at radius 3 is 2.25 bits per heavy atom. The molecule has 6 N–H and O–H groups in total. The summed E-state index contributed by atoms with van der Waals surface area (Å²) in [6, 6.07) is 9.76. The number of hydrogen-bond donors (Lipinski definition) is 3. The fourth-order valence-corrected chi connectivity index (χ4v) is 3.06. The first-order valence-electron chi connectivity index (χ1n) is 4.92. The summed E-state index contributed by atoms with van der Waals surface area (Å²) < 4.78 is 2.31. The first-order chi connectivity index (χ1) is 7.65. The maximum Gasteiger partial charge on any atom is 0.0562 e. The lowest BCUT2D eigenvalue weighted by atomic mass is 10.1. The molecular weight excluding hydrogens is 218 g/mol. The lowest BCUT2D eigenvalue weighted by Gasteiger charge is -1.99. The highest BCUT2D eigenvalue weighted by Crippen LogP contribution is 2.37. The summed E-state index contributed by atoms with van der Waals surface area (Å²) in [6.07, 6.45) is 0. The van der Waals surface area contributed by atoms with Crippen LogP contribution in [-0.2, 0) is 0 Å². The second kappa shape index (κ2) is 3.02. The highest BCUT2D eigenvalue weighted by Gasteiger charge is 2.07. The minimum Gasteiger partial charge on any atom is -0.399 e. The van der Waals surface area contributed by atoms with E-state index < -0.39 is 0 Å². The summed E-state index contributed by atoms with van der Waals surface area (Å²) in [5.41, 5.74) is 19.4. The summed E-state index contributed by atoms with van der Waals surface area (Å²) in [4.78, 5) is 0. The van der Waals surface area contributed by atoms with Gasteiger partial charge in [0.2, 0.25) is 0 Å². The number of hydrogen-bond acceptors (Lipinski definition) is 4. The molecule has 16 heavy (non-hydrogen) atoms. The monoisotopic (exact) mass is 229 g/mol. The molecule has 0 aliphatic heterocycles. The average molecular weight is 229 g/mol. The van der Waals surface area contributed by atoms with Crippen molar-refractivity contribution in [1.82, 2.24) is 0 Å². The predicted molar refractivity (Wildman–Crippen MR) is 72.6 cm³/mol. The van der Waals surface area contributed by atoms with E-state index in [0.29, 0.717) is 11.4 Å². The van der Waals surface area contributed by atoms with Gasteiger partial charge in [-0.3, -0.25) is 0 Å². The third-order valence-corrected chi connectivity index (χ3v) is 3.82. The normalized spacial score (nSPS) is 11.2. The van der Waals surface area contributed by atoms with Gasteiger partial charge in [0.25, 0.3) is 0 Å². The number of rotatable bonds is 0. The Hall–Kier alpha value is -1.94. The highest BCUT2D eigenvalue weighted by atomic mass is 32.1.